The van der Waals surface area contributed by atoms with Gasteiger partial charge in [-0.15, -0.1) is 0 Å². The average molecular weight is 476 g/mol. The standard InChI is InChI=1S/C25H27Cl2NO4/c1-29-22-9-6-17(12-23(22)30-2)10-11-28-15-19-13-24(31-3)25(14-21(19)27)32-16-18-4-7-20(26)8-5-18/h4-9,12-14,28H,10-11,15-16H2,1-3H3. The number of halogens is 2. The molecule has 0 saturated heterocycles. The molecular formula is C25H27Cl2NO4. The molecule has 170 valence electrons. The van der Waals surface area contributed by atoms with Crippen molar-refractivity contribution in [3.05, 3.63) is 81.3 Å². The number of benzene rings is 3. The molecule has 0 saturated carbocycles. The Morgan fingerprint density at radius 3 is 2.06 bits per heavy atom. The highest BCUT2D eigenvalue weighted by Crippen LogP contribution is 2.34. The van der Waals surface area contributed by atoms with Crippen LogP contribution in [0.3, 0.4) is 0 Å². The lowest BCUT2D eigenvalue weighted by atomic mass is 10.1. The van der Waals surface area contributed by atoms with Crippen molar-refractivity contribution in [1.82, 2.24) is 5.32 Å². The van der Waals surface area contributed by atoms with Gasteiger partial charge in [-0.1, -0.05) is 41.4 Å². The lowest BCUT2D eigenvalue weighted by Gasteiger charge is -2.15. The Kier molecular flexibility index (Phi) is 8.91. The summed E-state index contributed by atoms with van der Waals surface area (Å²) >= 11 is 12.4. The normalized spacial score (nSPS) is 10.7. The maximum absolute atomic E-state index is 6.51. The molecule has 0 atom stereocenters. The van der Waals surface area contributed by atoms with Gasteiger partial charge in [-0.05, 0) is 60.0 Å². The molecule has 0 heterocycles. The minimum Gasteiger partial charge on any atom is -0.493 e. The van der Waals surface area contributed by atoms with E-state index >= 15 is 0 Å². The summed E-state index contributed by atoms with van der Waals surface area (Å²) in [5.74, 6) is 2.69. The van der Waals surface area contributed by atoms with Crippen LogP contribution < -0.4 is 24.3 Å². The lowest BCUT2D eigenvalue weighted by molar-refractivity contribution is 0.284. The summed E-state index contributed by atoms with van der Waals surface area (Å²) in [6.07, 6.45) is 0.845. The van der Waals surface area contributed by atoms with E-state index in [2.05, 4.69) is 5.32 Å². The van der Waals surface area contributed by atoms with E-state index in [4.69, 9.17) is 42.1 Å². The first-order valence-corrected chi connectivity index (χ1v) is 10.9. The van der Waals surface area contributed by atoms with Crippen LogP contribution in [0.15, 0.2) is 54.6 Å². The van der Waals surface area contributed by atoms with Gasteiger partial charge >= 0.3 is 0 Å². The quantitative estimate of drug-likeness (QED) is 0.348. The van der Waals surface area contributed by atoms with Crippen molar-refractivity contribution in [3.63, 3.8) is 0 Å². The fourth-order valence-corrected chi connectivity index (χ4v) is 3.57. The Balaban J connectivity index is 1.57. The number of rotatable bonds is 11. The maximum atomic E-state index is 6.51. The number of nitrogens with one attached hydrogen (secondary N) is 1. The molecule has 0 amide bonds. The molecule has 0 aliphatic rings. The van der Waals surface area contributed by atoms with Crippen molar-refractivity contribution >= 4 is 23.2 Å². The molecule has 32 heavy (non-hydrogen) atoms. The van der Waals surface area contributed by atoms with E-state index in [0.29, 0.717) is 34.7 Å². The zero-order valence-corrected chi connectivity index (χ0v) is 19.9. The van der Waals surface area contributed by atoms with Gasteiger partial charge in [-0.25, -0.2) is 0 Å². The second-order valence-electron chi connectivity index (χ2n) is 7.13. The second-order valence-corrected chi connectivity index (χ2v) is 7.97. The summed E-state index contributed by atoms with van der Waals surface area (Å²) in [5.41, 5.74) is 3.10. The molecule has 0 aromatic heterocycles. The van der Waals surface area contributed by atoms with Gasteiger partial charge in [0.15, 0.2) is 23.0 Å². The topological polar surface area (TPSA) is 49.0 Å². The van der Waals surface area contributed by atoms with Crippen LogP contribution in [0.2, 0.25) is 10.0 Å². The molecule has 3 rings (SSSR count). The Morgan fingerprint density at radius 1 is 0.719 bits per heavy atom. The molecule has 0 aliphatic carbocycles. The average Bonchev–Trinajstić information content (AvgIpc) is 2.82. The van der Waals surface area contributed by atoms with Gasteiger partial charge in [-0.3, -0.25) is 0 Å². The van der Waals surface area contributed by atoms with Crippen LogP contribution in [0, 0.1) is 0 Å². The Bertz CT molecular complexity index is 1030. The number of ether oxygens (including phenoxy) is 4. The monoisotopic (exact) mass is 475 g/mol. The first kappa shape index (κ1) is 24.1. The summed E-state index contributed by atoms with van der Waals surface area (Å²) < 4.78 is 22.1. The van der Waals surface area contributed by atoms with Crippen molar-refractivity contribution in [2.24, 2.45) is 0 Å². The van der Waals surface area contributed by atoms with Crippen molar-refractivity contribution in [2.75, 3.05) is 27.9 Å². The molecule has 1 N–H and O–H groups in total. The molecule has 0 unspecified atom stereocenters. The summed E-state index contributed by atoms with van der Waals surface area (Å²) in [6.45, 7) is 1.79. The second kappa shape index (κ2) is 11.9. The zero-order chi connectivity index (χ0) is 22.9. The van der Waals surface area contributed by atoms with Gasteiger partial charge in [0, 0.05) is 22.7 Å². The van der Waals surface area contributed by atoms with Crippen LogP contribution in [0.25, 0.3) is 0 Å². The third-order valence-corrected chi connectivity index (χ3v) is 5.60. The lowest BCUT2D eigenvalue weighted by Crippen LogP contribution is -2.17. The Morgan fingerprint density at radius 2 is 1.38 bits per heavy atom. The summed E-state index contributed by atoms with van der Waals surface area (Å²) in [6, 6.07) is 17.2. The van der Waals surface area contributed by atoms with Crippen LogP contribution in [0.4, 0.5) is 0 Å². The fraction of sp³-hybridized carbons (Fsp3) is 0.280. The predicted octanol–water partition coefficient (Wildman–Crippen LogP) is 5.93. The summed E-state index contributed by atoms with van der Waals surface area (Å²) in [7, 11) is 4.88. The third-order valence-electron chi connectivity index (χ3n) is 4.99. The molecule has 0 radical (unpaired) electrons. The predicted molar refractivity (Wildman–Crippen MR) is 129 cm³/mol. The van der Waals surface area contributed by atoms with Crippen molar-refractivity contribution in [1.29, 1.82) is 0 Å². The third kappa shape index (κ3) is 6.45. The number of methoxy groups -OCH3 is 3. The van der Waals surface area contributed by atoms with Crippen LogP contribution in [0.1, 0.15) is 16.7 Å². The van der Waals surface area contributed by atoms with Crippen molar-refractivity contribution in [3.8, 4) is 23.0 Å². The summed E-state index contributed by atoms with van der Waals surface area (Å²) in [4.78, 5) is 0. The van der Waals surface area contributed by atoms with E-state index in [-0.39, 0.29) is 0 Å². The van der Waals surface area contributed by atoms with Gasteiger partial charge in [0.1, 0.15) is 6.61 Å². The highest BCUT2D eigenvalue weighted by atomic mass is 35.5. The van der Waals surface area contributed by atoms with Crippen LogP contribution in [-0.2, 0) is 19.6 Å². The first-order valence-electron chi connectivity index (χ1n) is 10.2. The minimum atomic E-state index is 0.396. The van der Waals surface area contributed by atoms with E-state index in [9.17, 15) is 0 Å². The van der Waals surface area contributed by atoms with Crippen LogP contribution in [-0.4, -0.2) is 27.9 Å². The van der Waals surface area contributed by atoms with Gasteiger partial charge in [0.05, 0.1) is 21.3 Å². The van der Waals surface area contributed by atoms with Gasteiger partial charge < -0.3 is 24.3 Å². The van der Waals surface area contributed by atoms with Gasteiger partial charge in [0.25, 0.3) is 0 Å². The molecule has 3 aromatic carbocycles. The van der Waals surface area contributed by atoms with Crippen molar-refractivity contribution in [2.45, 2.75) is 19.6 Å². The molecule has 3 aromatic rings. The molecule has 5 nitrogen and oxygen atoms in total. The van der Waals surface area contributed by atoms with E-state index < -0.39 is 0 Å². The van der Waals surface area contributed by atoms with E-state index in [1.807, 2.05) is 48.5 Å². The Hall–Kier alpha value is -2.60. The molecule has 0 bridgehead atoms. The van der Waals surface area contributed by atoms with E-state index in [1.54, 1.807) is 27.4 Å². The van der Waals surface area contributed by atoms with Gasteiger partial charge in [-0.2, -0.15) is 0 Å². The van der Waals surface area contributed by atoms with Crippen LogP contribution >= 0.6 is 23.2 Å². The maximum Gasteiger partial charge on any atom is 0.163 e. The molecule has 7 heteroatoms. The van der Waals surface area contributed by atoms with E-state index in [0.717, 1.165) is 41.2 Å². The molecular weight excluding hydrogens is 449 g/mol. The molecule has 0 spiro atoms. The first-order chi connectivity index (χ1) is 15.5. The van der Waals surface area contributed by atoms with Gasteiger partial charge in [0.2, 0.25) is 0 Å². The largest absolute Gasteiger partial charge is 0.493 e. The molecule has 0 fully saturated rings. The molecule has 0 aliphatic heterocycles. The minimum absolute atomic E-state index is 0.396. The highest BCUT2D eigenvalue weighted by molar-refractivity contribution is 6.31. The summed E-state index contributed by atoms with van der Waals surface area (Å²) in [5, 5.41) is 4.74. The smallest absolute Gasteiger partial charge is 0.163 e. The number of hydrogen-bond donors (Lipinski definition) is 1. The number of hydrogen-bond acceptors (Lipinski definition) is 5. The SMILES string of the molecule is COc1ccc(CCNCc2cc(OC)c(OCc3ccc(Cl)cc3)cc2Cl)cc1OC. The fourth-order valence-electron chi connectivity index (χ4n) is 3.22. The Labute approximate surface area is 199 Å². The van der Waals surface area contributed by atoms with E-state index in [1.165, 1.54) is 0 Å². The zero-order valence-electron chi connectivity index (χ0n) is 18.4. The van der Waals surface area contributed by atoms with Crippen LogP contribution in [0.5, 0.6) is 23.0 Å². The van der Waals surface area contributed by atoms with Crippen molar-refractivity contribution < 1.29 is 18.9 Å². The highest BCUT2D eigenvalue weighted by Gasteiger charge is 2.11.